The number of carbonyl (C=O) groups excluding carboxylic acids is 2. The topological polar surface area (TPSA) is 86.7 Å². The van der Waals surface area contributed by atoms with E-state index in [-0.39, 0.29) is 31.2 Å². The maximum Gasteiger partial charge on any atom is 0.303 e. The Morgan fingerprint density at radius 2 is 1.96 bits per heavy atom. The largest absolute Gasteiger partial charge is 0.481 e. The van der Waals surface area contributed by atoms with Gasteiger partial charge < -0.3 is 10.4 Å². The number of nitrogens with zero attached hydrogens (tertiary/aromatic N) is 1. The van der Waals surface area contributed by atoms with Crippen molar-refractivity contribution in [2.75, 3.05) is 13.1 Å². The quantitative estimate of drug-likeness (QED) is 0.410. The molecule has 132 valence electrons. The van der Waals surface area contributed by atoms with E-state index in [1.165, 1.54) is 16.7 Å². The maximum atomic E-state index is 12.4. The monoisotopic (exact) mass is 378 g/mol. The molecular weight excluding hydrogens is 360 g/mol. The summed E-state index contributed by atoms with van der Waals surface area (Å²) in [5, 5.41) is 11.2. The molecule has 1 heterocycles. The molecule has 6 nitrogen and oxygen atoms in total. The van der Waals surface area contributed by atoms with Crippen molar-refractivity contribution in [2.45, 2.75) is 19.3 Å². The molecule has 1 aliphatic rings. The summed E-state index contributed by atoms with van der Waals surface area (Å²) in [6.45, 7) is 0.513. The van der Waals surface area contributed by atoms with Gasteiger partial charge in [-0.15, -0.1) is 0 Å². The summed E-state index contributed by atoms with van der Waals surface area (Å²) in [6.07, 6.45) is 2.30. The van der Waals surface area contributed by atoms with Crippen molar-refractivity contribution >= 4 is 52.2 Å². The van der Waals surface area contributed by atoms with Gasteiger partial charge in [0, 0.05) is 25.9 Å². The SMILES string of the molecule is O=C(O)CCCNC(=O)CCN1C(=O)/C(=C\c2ccccc2)SC1=S. The number of carboxylic acids is 1. The molecule has 2 rings (SSSR count). The van der Waals surface area contributed by atoms with Crippen LogP contribution in [0.1, 0.15) is 24.8 Å². The molecule has 8 heteroatoms. The van der Waals surface area contributed by atoms with Gasteiger partial charge in [0.15, 0.2) is 0 Å². The summed E-state index contributed by atoms with van der Waals surface area (Å²) in [4.78, 5) is 36.6. The van der Waals surface area contributed by atoms with Gasteiger partial charge in [-0.05, 0) is 18.1 Å². The van der Waals surface area contributed by atoms with Crippen LogP contribution < -0.4 is 5.32 Å². The predicted molar refractivity (Wildman–Crippen MR) is 101 cm³/mol. The van der Waals surface area contributed by atoms with Crippen LogP contribution in [-0.2, 0) is 14.4 Å². The van der Waals surface area contributed by atoms with E-state index in [4.69, 9.17) is 17.3 Å². The van der Waals surface area contributed by atoms with Gasteiger partial charge >= 0.3 is 5.97 Å². The van der Waals surface area contributed by atoms with Gasteiger partial charge in [0.25, 0.3) is 5.91 Å². The molecule has 1 aromatic carbocycles. The number of thiocarbonyl (C=S) groups is 1. The number of hydrogen-bond donors (Lipinski definition) is 2. The van der Waals surface area contributed by atoms with Crippen LogP contribution in [0.3, 0.4) is 0 Å². The van der Waals surface area contributed by atoms with E-state index in [0.29, 0.717) is 22.2 Å². The van der Waals surface area contributed by atoms with Gasteiger partial charge in [-0.25, -0.2) is 0 Å². The standard InChI is InChI=1S/C17H18N2O4S2/c20-14(18-9-4-7-15(21)22)8-10-19-16(23)13(25-17(19)24)11-12-5-2-1-3-6-12/h1-3,5-6,11H,4,7-10H2,(H,18,20)(H,21,22)/b13-11+. The van der Waals surface area contributed by atoms with E-state index < -0.39 is 5.97 Å². The Morgan fingerprint density at radius 1 is 1.24 bits per heavy atom. The van der Waals surface area contributed by atoms with Crippen LogP contribution in [-0.4, -0.2) is 45.2 Å². The molecule has 0 aliphatic carbocycles. The third-order valence-electron chi connectivity index (χ3n) is 3.42. The minimum atomic E-state index is -0.892. The van der Waals surface area contributed by atoms with Gasteiger partial charge in [-0.3, -0.25) is 19.3 Å². The lowest BCUT2D eigenvalue weighted by Gasteiger charge is -2.14. The number of aliphatic carboxylic acids is 1. The predicted octanol–water partition coefficient (Wildman–Crippen LogP) is 2.26. The first-order valence-electron chi connectivity index (χ1n) is 7.76. The second-order valence-electron chi connectivity index (χ2n) is 5.34. The summed E-state index contributed by atoms with van der Waals surface area (Å²) in [5.74, 6) is -1.32. The minimum Gasteiger partial charge on any atom is -0.481 e. The lowest BCUT2D eigenvalue weighted by atomic mass is 10.2. The Balaban J connectivity index is 1.83. The number of carbonyl (C=O) groups is 3. The lowest BCUT2D eigenvalue weighted by molar-refractivity contribution is -0.137. The Labute approximate surface area is 155 Å². The summed E-state index contributed by atoms with van der Waals surface area (Å²) < 4.78 is 0.436. The molecule has 25 heavy (non-hydrogen) atoms. The van der Waals surface area contributed by atoms with Crippen LogP contribution in [0, 0.1) is 0 Å². The van der Waals surface area contributed by atoms with Crippen LogP contribution in [0.15, 0.2) is 35.2 Å². The lowest BCUT2D eigenvalue weighted by Crippen LogP contribution is -2.33. The average molecular weight is 378 g/mol. The van der Waals surface area contributed by atoms with Crippen molar-refractivity contribution in [1.29, 1.82) is 0 Å². The highest BCUT2D eigenvalue weighted by Gasteiger charge is 2.31. The molecule has 1 fully saturated rings. The highest BCUT2D eigenvalue weighted by molar-refractivity contribution is 8.26. The molecule has 1 aliphatic heterocycles. The van der Waals surface area contributed by atoms with E-state index in [2.05, 4.69) is 5.32 Å². The van der Waals surface area contributed by atoms with Gasteiger partial charge in [0.1, 0.15) is 4.32 Å². The van der Waals surface area contributed by atoms with Crippen molar-refractivity contribution < 1.29 is 19.5 Å². The summed E-state index contributed by atoms with van der Waals surface area (Å²) >= 11 is 6.45. The first-order valence-corrected chi connectivity index (χ1v) is 8.99. The van der Waals surface area contributed by atoms with Crippen molar-refractivity contribution in [2.24, 2.45) is 0 Å². The van der Waals surface area contributed by atoms with Gasteiger partial charge in [0.05, 0.1) is 4.91 Å². The highest BCUT2D eigenvalue weighted by Crippen LogP contribution is 2.32. The fourth-order valence-electron chi connectivity index (χ4n) is 2.16. The van der Waals surface area contributed by atoms with E-state index in [1.807, 2.05) is 30.3 Å². The zero-order valence-corrected chi connectivity index (χ0v) is 15.1. The molecule has 0 unspecified atom stereocenters. The number of carboxylic acid groups (broad SMARTS) is 1. The van der Waals surface area contributed by atoms with E-state index in [0.717, 1.165) is 5.56 Å². The zero-order chi connectivity index (χ0) is 18.2. The Bertz CT molecular complexity index is 704. The maximum absolute atomic E-state index is 12.4. The third kappa shape index (κ3) is 5.99. The van der Waals surface area contributed by atoms with Crippen molar-refractivity contribution in [3.05, 3.63) is 40.8 Å². The highest BCUT2D eigenvalue weighted by atomic mass is 32.2. The Morgan fingerprint density at radius 3 is 2.64 bits per heavy atom. The van der Waals surface area contributed by atoms with E-state index >= 15 is 0 Å². The zero-order valence-electron chi connectivity index (χ0n) is 13.4. The van der Waals surface area contributed by atoms with Gasteiger partial charge in [-0.1, -0.05) is 54.3 Å². The normalized spacial score (nSPS) is 15.7. The first-order chi connectivity index (χ1) is 12.0. The van der Waals surface area contributed by atoms with Gasteiger partial charge in [-0.2, -0.15) is 0 Å². The molecule has 2 amide bonds. The van der Waals surface area contributed by atoms with Crippen LogP contribution in [0.5, 0.6) is 0 Å². The fraction of sp³-hybridized carbons (Fsp3) is 0.294. The smallest absolute Gasteiger partial charge is 0.303 e. The molecule has 1 aromatic rings. The second kappa shape index (κ2) is 9.33. The van der Waals surface area contributed by atoms with Crippen LogP contribution >= 0.6 is 24.0 Å². The third-order valence-corrected chi connectivity index (χ3v) is 4.80. The molecule has 0 saturated carbocycles. The number of nitrogens with one attached hydrogen (secondary N) is 1. The molecule has 0 atom stereocenters. The minimum absolute atomic E-state index is 0.0132. The number of rotatable bonds is 8. The van der Waals surface area contributed by atoms with Crippen LogP contribution in [0.2, 0.25) is 0 Å². The Kier molecular flexibility index (Phi) is 7.15. The Hall–Kier alpha value is -2.19. The second-order valence-corrected chi connectivity index (χ2v) is 7.02. The summed E-state index contributed by atoms with van der Waals surface area (Å²) in [7, 11) is 0. The summed E-state index contributed by atoms with van der Waals surface area (Å²) in [6, 6.07) is 9.48. The molecule has 1 saturated heterocycles. The van der Waals surface area contributed by atoms with Crippen LogP contribution in [0.4, 0.5) is 0 Å². The number of benzene rings is 1. The number of thioether (sulfide) groups is 1. The molecule has 0 radical (unpaired) electrons. The van der Waals surface area contributed by atoms with Crippen molar-refractivity contribution in [1.82, 2.24) is 10.2 Å². The number of hydrogen-bond acceptors (Lipinski definition) is 5. The molecular formula is C17H18N2O4S2. The summed E-state index contributed by atoms with van der Waals surface area (Å²) in [5.41, 5.74) is 0.916. The number of amides is 2. The fourth-order valence-corrected chi connectivity index (χ4v) is 3.47. The van der Waals surface area contributed by atoms with Crippen molar-refractivity contribution in [3.63, 3.8) is 0 Å². The average Bonchev–Trinajstić information content (AvgIpc) is 2.84. The van der Waals surface area contributed by atoms with E-state index in [1.54, 1.807) is 6.08 Å². The molecule has 2 N–H and O–H groups in total. The molecule has 0 bridgehead atoms. The van der Waals surface area contributed by atoms with E-state index in [9.17, 15) is 14.4 Å². The molecule has 0 aromatic heterocycles. The van der Waals surface area contributed by atoms with Crippen molar-refractivity contribution in [3.8, 4) is 0 Å². The van der Waals surface area contributed by atoms with Crippen LogP contribution in [0.25, 0.3) is 6.08 Å². The first kappa shape index (κ1) is 19.1. The van der Waals surface area contributed by atoms with Gasteiger partial charge in [0.2, 0.25) is 5.91 Å². The molecule has 0 spiro atoms.